The summed E-state index contributed by atoms with van der Waals surface area (Å²) in [5.74, 6) is -0.923. The number of carbonyl (C=O) groups excluding carboxylic acids is 3. The van der Waals surface area contributed by atoms with Gasteiger partial charge in [-0.05, 0) is 60.0 Å². The first kappa shape index (κ1) is 21.4. The molecule has 0 spiro atoms. The number of anilines is 3. The van der Waals surface area contributed by atoms with Crippen LogP contribution in [0.15, 0.2) is 83.9 Å². The number of nitrogens with zero attached hydrogens (tertiary/aromatic N) is 1. The molecule has 168 valence electrons. The molecule has 2 aliphatic rings. The maximum atomic E-state index is 13.0. The molecule has 3 aromatic rings. The van der Waals surface area contributed by atoms with Gasteiger partial charge in [0, 0.05) is 44.8 Å². The molecule has 1 aromatic heterocycles. The lowest BCUT2D eigenvalue weighted by Gasteiger charge is -2.24. The summed E-state index contributed by atoms with van der Waals surface area (Å²) in [7, 11) is 0. The fourth-order valence-electron chi connectivity index (χ4n) is 3.84. The molecule has 0 saturated carbocycles. The van der Waals surface area contributed by atoms with Crippen LogP contribution in [0.5, 0.6) is 0 Å². The van der Waals surface area contributed by atoms with Crippen molar-refractivity contribution in [1.29, 1.82) is 0 Å². The first-order valence-corrected chi connectivity index (χ1v) is 11.4. The number of hydrogen-bond donors (Lipinski definition) is 3. The lowest BCUT2D eigenvalue weighted by atomic mass is 10.1. The van der Waals surface area contributed by atoms with E-state index in [9.17, 15) is 14.4 Å². The molecule has 3 heterocycles. The minimum atomic E-state index is -0.472. The third-order valence-corrected chi connectivity index (χ3v) is 6.37. The van der Waals surface area contributed by atoms with Gasteiger partial charge in [0.15, 0.2) is 0 Å². The zero-order valence-electron chi connectivity index (χ0n) is 17.9. The van der Waals surface area contributed by atoms with Gasteiger partial charge in [-0.2, -0.15) is 0 Å². The van der Waals surface area contributed by atoms with Crippen molar-refractivity contribution in [2.75, 3.05) is 22.1 Å². The minimum Gasteiger partial charge on any atom is -0.366 e. The summed E-state index contributed by atoms with van der Waals surface area (Å²) >= 11 is 1.55. The van der Waals surface area contributed by atoms with Crippen molar-refractivity contribution in [1.82, 2.24) is 0 Å². The average Bonchev–Trinajstić information content (AvgIpc) is 3.47. The number of fused-ring (bicyclic) bond motifs is 1. The van der Waals surface area contributed by atoms with Crippen LogP contribution in [-0.2, 0) is 9.59 Å². The highest BCUT2D eigenvalue weighted by atomic mass is 32.1. The van der Waals surface area contributed by atoms with E-state index in [2.05, 4.69) is 10.6 Å². The molecule has 0 bridgehead atoms. The molecule has 0 fully saturated rings. The van der Waals surface area contributed by atoms with Crippen LogP contribution in [0, 0.1) is 0 Å². The van der Waals surface area contributed by atoms with Gasteiger partial charge in [0.2, 0.25) is 5.91 Å². The number of nitrogens with one attached hydrogen (secondary N) is 2. The topological polar surface area (TPSA) is 105 Å². The molecule has 34 heavy (non-hydrogen) atoms. The van der Waals surface area contributed by atoms with Crippen LogP contribution >= 0.6 is 11.3 Å². The van der Waals surface area contributed by atoms with Crippen LogP contribution in [0.4, 0.5) is 17.1 Å². The molecule has 0 atom stereocenters. The molecule has 2 aliphatic heterocycles. The van der Waals surface area contributed by atoms with Crippen molar-refractivity contribution in [2.24, 2.45) is 5.73 Å². The van der Waals surface area contributed by atoms with E-state index in [1.54, 1.807) is 59.9 Å². The normalized spacial score (nSPS) is 15.6. The lowest BCUT2D eigenvalue weighted by molar-refractivity contribution is -0.114. The quantitative estimate of drug-likeness (QED) is 0.487. The summed E-state index contributed by atoms with van der Waals surface area (Å²) in [5.41, 5.74) is 9.72. The van der Waals surface area contributed by atoms with Crippen molar-refractivity contribution in [3.05, 3.63) is 99.9 Å². The van der Waals surface area contributed by atoms with Gasteiger partial charge < -0.3 is 21.3 Å². The number of nitrogens with two attached hydrogens (primary N) is 1. The van der Waals surface area contributed by atoms with E-state index in [0.717, 1.165) is 16.1 Å². The average molecular weight is 469 g/mol. The van der Waals surface area contributed by atoms with Gasteiger partial charge in [0.05, 0.1) is 12.1 Å². The molecule has 0 radical (unpaired) electrons. The zero-order chi connectivity index (χ0) is 23.7. The van der Waals surface area contributed by atoms with E-state index >= 15 is 0 Å². The first-order chi connectivity index (χ1) is 16.5. The van der Waals surface area contributed by atoms with Crippen LogP contribution in [0.2, 0.25) is 0 Å². The zero-order valence-corrected chi connectivity index (χ0v) is 18.8. The Balaban J connectivity index is 1.36. The second kappa shape index (κ2) is 8.84. The standard InChI is InChI=1S/C26H20N4O3S/c27-24(31)17-5-2-10-30(15-17)19-6-1-4-16(12-19)25(32)28-18-8-9-23-21(13-18)22(26(33)29-23)14-20-7-3-11-34-20/h1-14H,15H2,(H2,27,31)(H,28,32)(H,29,33). The summed E-state index contributed by atoms with van der Waals surface area (Å²) < 4.78 is 0. The summed E-state index contributed by atoms with van der Waals surface area (Å²) in [6.45, 7) is 0.335. The van der Waals surface area contributed by atoms with Crippen molar-refractivity contribution < 1.29 is 14.4 Å². The predicted octanol–water partition coefficient (Wildman–Crippen LogP) is 4.24. The Hall–Kier alpha value is -4.43. The number of carbonyl (C=O) groups is 3. The van der Waals surface area contributed by atoms with E-state index < -0.39 is 5.91 Å². The van der Waals surface area contributed by atoms with Crippen molar-refractivity contribution in [3.63, 3.8) is 0 Å². The highest BCUT2D eigenvalue weighted by Crippen LogP contribution is 2.35. The largest absolute Gasteiger partial charge is 0.366 e. The fraction of sp³-hybridized carbons (Fsp3) is 0.0385. The highest BCUT2D eigenvalue weighted by molar-refractivity contribution is 7.11. The SMILES string of the molecule is NC(=O)C1=CC=CN(c2cccc(C(=O)Nc3ccc4c(c3)C(=Cc3cccs3)C(=O)N4)c2)C1. The van der Waals surface area contributed by atoms with E-state index in [1.807, 2.05) is 40.8 Å². The number of hydrogen-bond acceptors (Lipinski definition) is 5. The predicted molar refractivity (Wildman–Crippen MR) is 135 cm³/mol. The smallest absolute Gasteiger partial charge is 0.256 e. The maximum Gasteiger partial charge on any atom is 0.256 e. The number of primary amides is 1. The van der Waals surface area contributed by atoms with Crippen LogP contribution in [0.1, 0.15) is 20.8 Å². The van der Waals surface area contributed by atoms with Crippen LogP contribution in [0.25, 0.3) is 11.6 Å². The number of amides is 3. The van der Waals surface area contributed by atoms with Crippen molar-refractivity contribution in [3.8, 4) is 0 Å². The second-order valence-corrected chi connectivity index (χ2v) is 8.80. The van der Waals surface area contributed by atoms with Crippen molar-refractivity contribution in [2.45, 2.75) is 0 Å². The van der Waals surface area contributed by atoms with Gasteiger partial charge >= 0.3 is 0 Å². The molecule has 4 N–H and O–H groups in total. The van der Waals surface area contributed by atoms with Crippen LogP contribution in [0.3, 0.4) is 0 Å². The summed E-state index contributed by atoms with van der Waals surface area (Å²) in [6, 6.07) is 16.3. The molecular formula is C26H20N4O3S. The fourth-order valence-corrected chi connectivity index (χ4v) is 4.50. The molecular weight excluding hydrogens is 448 g/mol. The van der Waals surface area contributed by atoms with Crippen molar-refractivity contribution >= 4 is 57.8 Å². The molecule has 7 nitrogen and oxygen atoms in total. The number of benzene rings is 2. The Morgan fingerprint density at radius 2 is 2.00 bits per heavy atom. The third kappa shape index (κ3) is 4.26. The first-order valence-electron chi connectivity index (χ1n) is 10.5. The van der Waals surface area contributed by atoms with Crippen LogP contribution < -0.4 is 21.3 Å². The van der Waals surface area contributed by atoms with Crippen LogP contribution in [-0.4, -0.2) is 24.3 Å². The Morgan fingerprint density at radius 1 is 1.12 bits per heavy atom. The molecule has 8 heteroatoms. The molecule has 0 unspecified atom stereocenters. The maximum absolute atomic E-state index is 13.0. The minimum absolute atomic E-state index is 0.168. The summed E-state index contributed by atoms with van der Waals surface area (Å²) in [5, 5.41) is 7.73. The third-order valence-electron chi connectivity index (χ3n) is 5.55. The summed E-state index contributed by atoms with van der Waals surface area (Å²) in [4.78, 5) is 39.8. The second-order valence-electron chi connectivity index (χ2n) is 7.82. The number of rotatable bonds is 5. The van der Waals surface area contributed by atoms with Gasteiger partial charge in [-0.25, -0.2) is 0 Å². The van der Waals surface area contributed by atoms with E-state index in [4.69, 9.17) is 5.73 Å². The Kier molecular flexibility index (Phi) is 5.57. The molecule has 0 saturated heterocycles. The Morgan fingerprint density at radius 3 is 2.79 bits per heavy atom. The van der Waals surface area contributed by atoms with Gasteiger partial charge in [-0.1, -0.05) is 18.2 Å². The number of allylic oxidation sites excluding steroid dienone is 2. The van der Waals surface area contributed by atoms with Gasteiger partial charge in [0.25, 0.3) is 11.8 Å². The highest BCUT2D eigenvalue weighted by Gasteiger charge is 2.25. The Bertz CT molecular complexity index is 1400. The van der Waals surface area contributed by atoms with Gasteiger partial charge in [-0.15, -0.1) is 11.3 Å². The monoisotopic (exact) mass is 468 g/mol. The lowest BCUT2D eigenvalue weighted by Crippen LogP contribution is -2.28. The molecule has 0 aliphatic carbocycles. The molecule has 5 rings (SSSR count). The van der Waals surface area contributed by atoms with E-state index in [1.165, 1.54) is 0 Å². The van der Waals surface area contributed by atoms with E-state index in [-0.39, 0.29) is 11.8 Å². The van der Waals surface area contributed by atoms with Gasteiger partial charge in [0.1, 0.15) is 0 Å². The molecule has 3 amide bonds. The molecule has 2 aromatic carbocycles. The van der Waals surface area contributed by atoms with Gasteiger partial charge in [-0.3, -0.25) is 14.4 Å². The number of thiophene rings is 1. The van der Waals surface area contributed by atoms with E-state index in [0.29, 0.717) is 34.6 Å². The Labute approximate surface area is 199 Å². The summed E-state index contributed by atoms with van der Waals surface area (Å²) in [6.07, 6.45) is 7.11.